The fourth-order valence-electron chi connectivity index (χ4n) is 2.23. The lowest BCUT2D eigenvalue weighted by molar-refractivity contribution is 0.602. The molecule has 2 heterocycles. The summed E-state index contributed by atoms with van der Waals surface area (Å²) in [7, 11) is -3.14. The van der Waals surface area contributed by atoms with Crippen LogP contribution in [0.1, 0.15) is 5.56 Å². The second kappa shape index (κ2) is 4.35. The molecule has 0 amide bonds. The average Bonchev–Trinajstić information content (AvgIpc) is 2.85. The fraction of sp³-hybridized carbons (Fsp3) is 0.214. The number of rotatable bonds is 2. The first-order valence-electron chi connectivity index (χ1n) is 6.07. The molecule has 0 aliphatic carbocycles. The Labute approximate surface area is 112 Å². The molecule has 19 heavy (non-hydrogen) atoms. The Morgan fingerprint density at radius 3 is 2.58 bits per heavy atom. The number of aromatic nitrogens is 1. The SMILES string of the molecule is CS(=O)(=O)c1ccc(-c2cnc3c(c2)CCN3)cc1. The predicted molar refractivity (Wildman–Crippen MR) is 75.0 cm³/mol. The third kappa shape index (κ3) is 2.33. The number of sulfone groups is 1. The molecule has 0 radical (unpaired) electrons. The number of hydrogen-bond donors (Lipinski definition) is 1. The van der Waals surface area contributed by atoms with E-state index in [1.165, 1.54) is 11.8 Å². The second-order valence-corrected chi connectivity index (χ2v) is 6.72. The van der Waals surface area contributed by atoms with Crippen LogP contribution in [0.2, 0.25) is 0 Å². The summed E-state index contributed by atoms with van der Waals surface area (Å²) in [6.07, 6.45) is 4.01. The van der Waals surface area contributed by atoms with Crippen LogP contribution in [0.3, 0.4) is 0 Å². The summed E-state index contributed by atoms with van der Waals surface area (Å²) in [5, 5.41) is 3.22. The van der Waals surface area contributed by atoms with Crippen LogP contribution in [0, 0.1) is 0 Å². The molecule has 98 valence electrons. The minimum atomic E-state index is -3.14. The van der Waals surface area contributed by atoms with E-state index in [0.29, 0.717) is 4.90 Å². The largest absolute Gasteiger partial charge is 0.370 e. The van der Waals surface area contributed by atoms with Gasteiger partial charge in [-0.3, -0.25) is 0 Å². The van der Waals surface area contributed by atoms with E-state index in [0.717, 1.165) is 29.9 Å². The number of pyridine rings is 1. The molecule has 1 N–H and O–H groups in total. The molecule has 0 unspecified atom stereocenters. The van der Waals surface area contributed by atoms with Gasteiger partial charge < -0.3 is 5.32 Å². The molecule has 2 aromatic rings. The molecule has 0 saturated heterocycles. The molecule has 1 aromatic heterocycles. The number of anilines is 1. The molecule has 5 heteroatoms. The van der Waals surface area contributed by atoms with E-state index in [9.17, 15) is 8.42 Å². The minimum Gasteiger partial charge on any atom is -0.370 e. The Hall–Kier alpha value is -1.88. The van der Waals surface area contributed by atoms with Crippen LogP contribution in [-0.2, 0) is 16.3 Å². The highest BCUT2D eigenvalue weighted by molar-refractivity contribution is 7.90. The van der Waals surface area contributed by atoms with Gasteiger partial charge in [0, 0.05) is 24.6 Å². The summed E-state index contributed by atoms with van der Waals surface area (Å²) in [4.78, 5) is 4.72. The highest BCUT2D eigenvalue weighted by Crippen LogP contribution is 2.26. The first-order valence-corrected chi connectivity index (χ1v) is 7.96. The van der Waals surface area contributed by atoms with Crippen molar-refractivity contribution >= 4 is 15.7 Å². The molecular weight excluding hydrogens is 260 g/mol. The maximum atomic E-state index is 11.4. The smallest absolute Gasteiger partial charge is 0.175 e. The lowest BCUT2D eigenvalue weighted by Gasteiger charge is -2.05. The van der Waals surface area contributed by atoms with Gasteiger partial charge in [-0.25, -0.2) is 13.4 Å². The van der Waals surface area contributed by atoms with Crippen LogP contribution in [0.4, 0.5) is 5.82 Å². The van der Waals surface area contributed by atoms with Gasteiger partial charge >= 0.3 is 0 Å². The van der Waals surface area contributed by atoms with Gasteiger partial charge in [0.25, 0.3) is 0 Å². The summed E-state index contributed by atoms with van der Waals surface area (Å²) in [5.74, 6) is 0.955. The molecule has 0 bridgehead atoms. The third-order valence-electron chi connectivity index (χ3n) is 3.27. The van der Waals surface area contributed by atoms with Crippen LogP contribution >= 0.6 is 0 Å². The van der Waals surface area contributed by atoms with Gasteiger partial charge in [0.2, 0.25) is 0 Å². The zero-order chi connectivity index (χ0) is 13.5. The van der Waals surface area contributed by atoms with Crippen molar-refractivity contribution in [2.45, 2.75) is 11.3 Å². The van der Waals surface area contributed by atoms with E-state index in [2.05, 4.69) is 16.4 Å². The second-order valence-electron chi connectivity index (χ2n) is 4.71. The Balaban J connectivity index is 1.99. The van der Waals surface area contributed by atoms with Gasteiger partial charge in [-0.05, 0) is 35.7 Å². The zero-order valence-corrected chi connectivity index (χ0v) is 11.4. The van der Waals surface area contributed by atoms with Gasteiger partial charge in [-0.1, -0.05) is 12.1 Å². The number of nitrogens with one attached hydrogen (secondary N) is 1. The van der Waals surface area contributed by atoms with Crippen molar-refractivity contribution in [2.75, 3.05) is 18.1 Å². The van der Waals surface area contributed by atoms with Gasteiger partial charge in [0.05, 0.1) is 4.90 Å². The monoisotopic (exact) mass is 274 g/mol. The fourth-order valence-corrected chi connectivity index (χ4v) is 2.86. The standard InChI is InChI=1S/C14H14N2O2S/c1-19(17,18)13-4-2-10(3-5-13)12-8-11-6-7-15-14(11)16-9-12/h2-5,8-9H,6-7H2,1H3,(H,15,16). The maximum absolute atomic E-state index is 11.4. The van der Waals surface area contributed by atoms with E-state index in [1.54, 1.807) is 12.1 Å². The normalized spacial score (nSPS) is 13.9. The summed E-state index contributed by atoms with van der Waals surface area (Å²) < 4.78 is 22.8. The molecule has 0 fully saturated rings. The van der Waals surface area contributed by atoms with Crippen LogP contribution < -0.4 is 5.32 Å². The van der Waals surface area contributed by atoms with E-state index in [1.807, 2.05) is 18.3 Å². The van der Waals surface area contributed by atoms with Gasteiger partial charge in [-0.2, -0.15) is 0 Å². The Kier molecular flexibility index (Phi) is 2.78. The molecule has 1 aliphatic rings. The summed E-state index contributed by atoms with van der Waals surface area (Å²) in [6.45, 7) is 0.929. The van der Waals surface area contributed by atoms with Crippen molar-refractivity contribution in [1.82, 2.24) is 4.98 Å². The van der Waals surface area contributed by atoms with Crippen molar-refractivity contribution in [3.63, 3.8) is 0 Å². The van der Waals surface area contributed by atoms with Crippen LogP contribution in [0.25, 0.3) is 11.1 Å². The molecule has 4 nitrogen and oxygen atoms in total. The third-order valence-corrected chi connectivity index (χ3v) is 4.40. The van der Waals surface area contributed by atoms with E-state index in [4.69, 9.17) is 0 Å². The van der Waals surface area contributed by atoms with Crippen molar-refractivity contribution < 1.29 is 8.42 Å². The number of nitrogens with zero attached hydrogens (tertiary/aromatic N) is 1. The van der Waals surface area contributed by atoms with E-state index >= 15 is 0 Å². The first kappa shape index (κ1) is 12.2. The molecule has 3 rings (SSSR count). The van der Waals surface area contributed by atoms with Crippen LogP contribution in [-0.4, -0.2) is 26.2 Å². The van der Waals surface area contributed by atoms with Gasteiger partial charge in [0.1, 0.15) is 5.82 Å². The van der Waals surface area contributed by atoms with Crippen LogP contribution in [0.5, 0.6) is 0 Å². The van der Waals surface area contributed by atoms with Gasteiger partial charge in [-0.15, -0.1) is 0 Å². The number of hydrogen-bond acceptors (Lipinski definition) is 4. The quantitative estimate of drug-likeness (QED) is 0.911. The Morgan fingerprint density at radius 2 is 1.89 bits per heavy atom. The Bertz CT molecular complexity index is 722. The number of benzene rings is 1. The van der Waals surface area contributed by atoms with Crippen molar-refractivity contribution in [3.8, 4) is 11.1 Å². The van der Waals surface area contributed by atoms with Crippen molar-refractivity contribution in [2.24, 2.45) is 0 Å². The molecule has 0 spiro atoms. The first-order chi connectivity index (χ1) is 9.04. The summed E-state index contributed by atoms with van der Waals surface area (Å²) in [6, 6.07) is 9.02. The summed E-state index contributed by atoms with van der Waals surface area (Å²) >= 11 is 0. The maximum Gasteiger partial charge on any atom is 0.175 e. The molecule has 1 aromatic carbocycles. The van der Waals surface area contributed by atoms with Gasteiger partial charge in [0.15, 0.2) is 9.84 Å². The van der Waals surface area contributed by atoms with Crippen molar-refractivity contribution in [3.05, 3.63) is 42.1 Å². The topological polar surface area (TPSA) is 59.1 Å². The molecular formula is C14H14N2O2S. The van der Waals surface area contributed by atoms with Crippen LogP contribution in [0.15, 0.2) is 41.4 Å². The highest BCUT2D eigenvalue weighted by atomic mass is 32.2. The number of fused-ring (bicyclic) bond motifs is 1. The molecule has 0 saturated carbocycles. The van der Waals surface area contributed by atoms with E-state index < -0.39 is 9.84 Å². The highest BCUT2D eigenvalue weighted by Gasteiger charge is 2.12. The Morgan fingerprint density at radius 1 is 1.16 bits per heavy atom. The lowest BCUT2D eigenvalue weighted by Crippen LogP contribution is -1.96. The lowest BCUT2D eigenvalue weighted by atomic mass is 10.1. The van der Waals surface area contributed by atoms with E-state index in [-0.39, 0.29) is 0 Å². The average molecular weight is 274 g/mol. The zero-order valence-electron chi connectivity index (χ0n) is 10.6. The minimum absolute atomic E-state index is 0.340. The predicted octanol–water partition coefficient (Wildman–Crippen LogP) is 2.12. The molecule has 0 atom stereocenters. The van der Waals surface area contributed by atoms with Crippen molar-refractivity contribution in [1.29, 1.82) is 0 Å². The molecule has 1 aliphatic heterocycles. The summed E-state index contributed by atoms with van der Waals surface area (Å²) in [5.41, 5.74) is 3.21.